The van der Waals surface area contributed by atoms with E-state index in [0.717, 1.165) is 16.6 Å². The van der Waals surface area contributed by atoms with Crippen molar-refractivity contribution in [2.75, 3.05) is 0 Å². The number of fused-ring (bicyclic) bond motifs is 1. The van der Waals surface area contributed by atoms with Crippen molar-refractivity contribution < 1.29 is 14.3 Å². The molecular formula is C17H20N2O3. The van der Waals surface area contributed by atoms with Gasteiger partial charge in [0.2, 0.25) is 0 Å². The average Bonchev–Trinajstić information content (AvgIpc) is 2.42. The van der Waals surface area contributed by atoms with Crippen LogP contribution in [0, 0.1) is 6.92 Å². The van der Waals surface area contributed by atoms with Crippen LogP contribution in [0.5, 0.6) is 0 Å². The van der Waals surface area contributed by atoms with Gasteiger partial charge in [0.15, 0.2) is 0 Å². The fourth-order valence-corrected chi connectivity index (χ4v) is 2.07. The highest BCUT2D eigenvalue weighted by molar-refractivity contribution is 5.82. The summed E-state index contributed by atoms with van der Waals surface area (Å²) in [4.78, 5) is 27.5. The minimum Gasteiger partial charge on any atom is -0.444 e. The number of carbonyl (C=O) groups is 2. The number of aromatic nitrogens is 1. The van der Waals surface area contributed by atoms with Gasteiger partial charge < -0.3 is 14.8 Å². The molecule has 2 rings (SSSR count). The molecule has 5 nitrogen and oxygen atoms in total. The first kappa shape index (κ1) is 15.9. The van der Waals surface area contributed by atoms with Crippen molar-refractivity contribution in [2.24, 2.45) is 0 Å². The van der Waals surface area contributed by atoms with Gasteiger partial charge in [0.25, 0.3) is 0 Å². The number of pyridine rings is 1. The maximum atomic E-state index is 11.8. The first-order valence-electron chi connectivity index (χ1n) is 7.10. The maximum Gasteiger partial charge on any atom is 0.408 e. The molecule has 1 aromatic carbocycles. The average molecular weight is 300 g/mol. The molecule has 0 bridgehead atoms. The maximum absolute atomic E-state index is 11.8. The summed E-state index contributed by atoms with van der Waals surface area (Å²) in [6.45, 7) is 7.23. The van der Waals surface area contributed by atoms with E-state index in [1.54, 1.807) is 26.8 Å². The SMILES string of the molecule is Cc1ccc2cc(C(C=O)NC(=O)OC(C)(C)C)ccc2n1. The van der Waals surface area contributed by atoms with Crippen LogP contribution in [-0.4, -0.2) is 23.0 Å². The fourth-order valence-electron chi connectivity index (χ4n) is 2.07. The predicted octanol–water partition coefficient (Wildman–Crippen LogP) is 3.31. The van der Waals surface area contributed by atoms with Crippen LogP contribution in [0.2, 0.25) is 0 Å². The summed E-state index contributed by atoms with van der Waals surface area (Å²) < 4.78 is 5.17. The van der Waals surface area contributed by atoms with E-state index in [-0.39, 0.29) is 0 Å². The minimum absolute atomic E-state index is 0.609. The van der Waals surface area contributed by atoms with Crippen molar-refractivity contribution in [3.05, 3.63) is 41.6 Å². The molecule has 0 saturated heterocycles. The lowest BCUT2D eigenvalue weighted by Crippen LogP contribution is -2.35. The molecule has 0 fully saturated rings. The zero-order valence-corrected chi connectivity index (χ0v) is 13.2. The van der Waals surface area contributed by atoms with E-state index in [0.29, 0.717) is 11.8 Å². The summed E-state index contributed by atoms with van der Waals surface area (Å²) in [7, 11) is 0. The second kappa shape index (κ2) is 6.13. The molecule has 1 N–H and O–H groups in total. The lowest BCUT2D eigenvalue weighted by molar-refractivity contribution is -0.109. The van der Waals surface area contributed by atoms with Crippen molar-refractivity contribution in [3.8, 4) is 0 Å². The summed E-state index contributed by atoms with van der Waals surface area (Å²) in [6.07, 6.45) is 0.0684. The third kappa shape index (κ3) is 4.04. The topological polar surface area (TPSA) is 68.3 Å². The number of ether oxygens (including phenoxy) is 1. The lowest BCUT2D eigenvalue weighted by atomic mass is 10.0. The van der Waals surface area contributed by atoms with Gasteiger partial charge in [0, 0.05) is 11.1 Å². The molecule has 0 saturated carbocycles. The van der Waals surface area contributed by atoms with E-state index in [1.807, 2.05) is 31.2 Å². The Morgan fingerprint density at radius 1 is 1.27 bits per heavy atom. The number of aryl methyl sites for hydroxylation is 1. The summed E-state index contributed by atoms with van der Waals surface area (Å²) >= 11 is 0. The van der Waals surface area contributed by atoms with Gasteiger partial charge in [-0.1, -0.05) is 12.1 Å². The molecule has 0 aliphatic carbocycles. The summed E-state index contributed by atoms with van der Waals surface area (Å²) in [6, 6.07) is 8.56. The predicted molar refractivity (Wildman–Crippen MR) is 84.7 cm³/mol. The van der Waals surface area contributed by atoms with Gasteiger partial charge in [0.05, 0.1) is 5.52 Å². The lowest BCUT2D eigenvalue weighted by Gasteiger charge is -2.21. The normalized spacial score (nSPS) is 12.7. The molecule has 0 aliphatic heterocycles. The van der Waals surface area contributed by atoms with Crippen molar-refractivity contribution in [2.45, 2.75) is 39.3 Å². The molecule has 0 spiro atoms. The highest BCUT2D eigenvalue weighted by Gasteiger charge is 2.20. The largest absolute Gasteiger partial charge is 0.444 e. The fraction of sp³-hybridized carbons (Fsp3) is 0.353. The Kier molecular flexibility index (Phi) is 4.45. The van der Waals surface area contributed by atoms with Gasteiger partial charge >= 0.3 is 6.09 Å². The van der Waals surface area contributed by atoms with Crippen molar-refractivity contribution >= 4 is 23.3 Å². The van der Waals surface area contributed by atoms with E-state index in [2.05, 4.69) is 10.3 Å². The molecule has 0 radical (unpaired) electrons. The zero-order valence-electron chi connectivity index (χ0n) is 13.2. The highest BCUT2D eigenvalue weighted by atomic mass is 16.6. The summed E-state index contributed by atoms with van der Waals surface area (Å²) in [5.74, 6) is 0. The van der Waals surface area contributed by atoms with E-state index in [1.165, 1.54) is 0 Å². The molecule has 0 aliphatic rings. The quantitative estimate of drug-likeness (QED) is 0.883. The van der Waals surface area contributed by atoms with Gasteiger partial charge in [-0.15, -0.1) is 0 Å². The Bertz CT molecular complexity index is 705. The van der Waals surface area contributed by atoms with E-state index < -0.39 is 17.7 Å². The van der Waals surface area contributed by atoms with Crippen molar-refractivity contribution in [3.63, 3.8) is 0 Å². The first-order chi connectivity index (χ1) is 10.3. The molecular weight excluding hydrogens is 280 g/mol. The smallest absolute Gasteiger partial charge is 0.408 e. The second-order valence-corrected chi connectivity index (χ2v) is 6.16. The molecule has 1 amide bonds. The Hall–Kier alpha value is -2.43. The monoisotopic (exact) mass is 300 g/mol. The van der Waals surface area contributed by atoms with Gasteiger partial charge in [-0.2, -0.15) is 0 Å². The standard InChI is InChI=1S/C17H20N2O3/c1-11-5-6-12-9-13(7-8-14(12)18-11)15(10-20)19-16(21)22-17(2,3)4/h5-10,15H,1-4H3,(H,19,21). The van der Waals surface area contributed by atoms with Crippen LogP contribution >= 0.6 is 0 Å². The number of carbonyl (C=O) groups excluding carboxylic acids is 2. The molecule has 2 aromatic rings. The van der Waals surface area contributed by atoms with E-state index >= 15 is 0 Å². The van der Waals surface area contributed by atoms with Crippen LogP contribution < -0.4 is 5.32 Å². The van der Waals surface area contributed by atoms with Crippen LogP contribution in [0.3, 0.4) is 0 Å². The van der Waals surface area contributed by atoms with Crippen molar-refractivity contribution in [1.29, 1.82) is 0 Å². The number of hydrogen-bond donors (Lipinski definition) is 1. The molecule has 22 heavy (non-hydrogen) atoms. The van der Waals surface area contributed by atoms with Gasteiger partial charge in [-0.3, -0.25) is 4.98 Å². The van der Waals surface area contributed by atoms with Crippen LogP contribution in [-0.2, 0) is 9.53 Å². The minimum atomic E-state index is -0.749. The van der Waals surface area contributed by atoms with Crippen LogP contribution in [0.15, 0.2) is 30.3 Å². The molecule has 1 atom stereocenters. The second-order valence-electron chi connectivity index (χ2n) is 6.16. The summed E-state index contributed by atoms with van der Waals surface area (Å²) in [5, 5.41) is 3.48. The van der Waals surface area contributed by atoms with E-state index in [4.69, 9.17) is 4.74 Å². The molecule has 1 heterocycles. The van der Waals surface area contributed by atoms with Gasteiger partial charge in [-0.25, -0.2) is 4.79 Å². The number of aldehydes is 1. The molecule has 5 heteroatoms. The number of amides is 1. The number of hydrogen-bond acceptors (Lipinski definition) is 4. The Labute approximate surface area is 129 Å². The zero-order chi connectivity index (χ0) is 16.3. The van der Waals surface area contributed by atoms with Crippen molar-refractivity contribution in [1.82, 2.24) is 10.3 Å². The molecule has 1 unspecified atom stereocenters. The van der Waals surface area contributed by atoms with E-state index in [9.17, 15) is 9.59 Å². The van der Waals surface area contributed by atoms with Crippen LogP contribution in [0.1, 0.15) is 38.1 Å². The Morgan fingerprint density at radius 3 is 2.64 bits per heavy atom. The van der Waals surface area contributed by atoms with Gasteiger partial charge in [-0.05, 0) is 51.5 Å². The Balaban J connectivity index is 2.22. The number of benzene rings is 1. The third-order valence-corrected chi connectivity index (χ3v) is 3.02. The first-order valence-corrected chi connectivity index (χ1v) is 7.10. The third-order valence-electron chi connectivity index (χ3n) is 3.02. The summed E-state index contributed by atoms with van der Waals surface area (Å²) in [5.41, 5.74) is 1.87. The van der Waals surface area contributed by atoms with Gasteiger partial charge in [0.1, 0.15) is 17.9 Å². The number of nitrogens with one attached hydrogen (secondary N) is 1. The van der Waals surface area contributed by atoms with Crippen LogP contribution in [0.4, 0.5) is 4.79 Å². The number of nitrogens with zero attached hydrogens (tertiary/aromatic N) is 1. The van der Waals surface area contributed by atoms with Crippen LogP contribution in [0.25, 0.3) is 10.9 Å². The molecule has 116 valence electrons. The Morgan fingerprint density at radius 2 is 2.00 bits per heavy atom. The highest BCUT2D eigenvalue weighted by Crippen LogP contribution is 2.19. The molecule has 1 aromatic heterocycles. The number of alkyl carbamates (subject to hydrolysis) is 1. The number of rotatable bonds is 3.